The van der Waals surface area contributed by atoms with Gasteiger partial charge in [-0.2, -0.15) is 5.10 Å². The summed E-state index contributed by atoms with van der Waals surface area (Å²) in [4.78, 5) is 26.4. The highest BCUT2D eigenvalue weighted by atomic mass is 16.4. The molecule has 0 bridgehead atoms. The number of hydrogen-bond acceptors (Lipinski definition) is 6. The lowest BCUT2D eigenvalue weighted by Crippen LogP contribution is -2.38. The van der Waals surface area contributed by atoms with Gasteiger partial charge in [0.25, 0.3) is 5.56 Å². The number of carboxylic acid groups (broad SMARTS) is 1. The van der Waals surface area contributed by atoms with Crippen LogP contribution in [0.5, 0.6) is 0 Å². The predicted octanol–water partition coefficient (Wildman–Crippen LogP) is 2.42. The van der Waals surface area contributed by atoms with Gasteiger partial charge < -0.3 is 15.5 Å². The summed E-state index contributed by atoms with van der Waals surface area (Å²) in [6.45, 7) is 7.46. The number of carboxylic acids is 1. The van der Waals surface area contributed by atoms with Crippen LogP contribution < -0.4 is 10.9 Å². The first-order valence-corrected chi connectivity index (χ1v) is 12.5. The minimum Gasteiger partial charge on any atom is -0.480 e. The van der Waals surface area contributed by atoms with E-state index in [9.17, 15) is 19.8 Å². The number of nitrogens with one attached hydrogen (secondary N) is 2. The molecule has 0 spiro atoms. The van der Waals surface area contributed by atoms with Crippen molar-refractivity contribution in [1.29, 1.82) is 0 Å². The van der Waals surface area contributed by atoms with Crippen molar-refractivity contribution in [3.63, 3.8) is 0 Å². The quantitative estimate of drug-likeness (QED) is 0.513. The molecular formula is C27H34N4O4. The van der Waals surface area contributed by atoms with Crippen LogP contribution in [0.25, 0.3) is 5.57 Å². The van der Waals surface area contributed by atoms with Gasteiger partial charge in [0.1, 0.15) is 6.04 Å². The number of aliphatic hydroxyl groups is 1. The van der Waals surface area contributed by atoms with Gasteiger partial charge in [-0.25, -0.2) is 5.10 Å². The van der Waals surface area contributed by atoms with Crippen LogP contribution >= 0.6 is 0 Å². The van der Waals surface area contributed by atoms with E-state index in [-0.39, 0.29) is 35.4 Å². The molecule has 7 atom stereocenters. The Morgan fingerprint density at radius 2 is 2.09 bits per heavy atom. The molecule has 2 fully saturated rings. The van der Waals surface area contributed by atoms with E-state index in [0.717, 1.165) is 29.7 Å². The van der Waals surface area contributed by atoms with Gasteiger partial charge in [0.2, 0.25) is 0 Å². The Labute approximate surface area is 205 Å². The SMILES string of the molecule is CC1=CC(c2cc(C3NC4C=C(CN5CCC[C@H]5C(=O)O)C=CC4C3C)c(=O)[nH]n2)=CC(C)C1O. The van der Waals surface area contributed by atoms with Crippen molar-refractivity contribution in [3.05, 3.63) is 69.2 Å². The average molecular weight is 479 g/mol. The smallest absolute Gasteiger partial charge is 0.320 e. The van der Waals surface area contributed by atoms with E-state index in [4.69, 9.17) is 0 Å². The number of aromatic amines is 1. The topological polar surface area (TPSA) is 119 Å². The molecule has 1 aromatic heterocycles. The number of nitrogens with zero attached hydrogens (tertiary/aromatic N) is 2. The highest BCUT2D eigenvalue weighted by Gasteiger charge is 2.41. The van der Waals surface area contributed by atoms with Gasteiger partial charge in [0.05, 0.1) is 11.8 Å². The lowest BCUT2D eigenvalue weighted by molar-refractivity contribution is -0.141. The van der Waals surface area contributed by atoms with Crippen molar-refractivity contribution in [1.82, 2.24) is 20.4 Å². The highest BCUT2D eigenvalue weighted by molar-refractivity contribution is 5.74. The predicted molar refractivity (Wildman–Crippen MR) is 134 cm³/mol. The van der Waals surface area contributed by atoms with Gasteiger partial charge in [0, 0.05) is 36.0 Å². The van der Waals surface area contributed by atoms with Gasteiger partial charge in [-0.3, -0.25) is 14.5 Å². The lowest BCUT2D eigenvalue weighted by atomic mass is 9.82. The molecule has 0 saturated carbocycles. The van der Waals surface area contributed by atoms with E-state index < -0.39 is 18.1 Å². The molecule has 5 rings (SSSR count). The first-order valence-electron chi connectivity index (χ1n) is 12.5. The Hall–Kier alpha value is -2.81. The summed E-state index contributed by atoms with van der Waals surface area (Å²) in [5.74, 6) is -0.325. The third-order valence-corrected chi connectivity index (χ3v) is 8.13. The van der Waals surface area contributed by atoms with Gasteiger partial charge in [0.15, 0.2) is 0 Å². The van der Waals surface area contributed by atoms with E-state index in [1.165, 1.54) is 0 Å². The number of rotatable bonds is 5. The molecule has 35 heavy (non-hydrogen) atoms. The fourth-order valence-corrected chi connectivity index (χ4v) is 6.13. The maximum Gasteiger partial charge on any atom is 0.320 e. The van der Waals surface area contributed by atoms with Crippen LogP contribution in [0.1, 0.15) is 50.9 Å². The summed E-state index contributed by atoms with van der Waals surface area (Å²) in [6.07, 6.45) is 11.6. The summed E-state index contributed by atoms with van der Waals surface area (Å²) >= 11 is 0. The Morgan fingerprint density at radius 3 is 2.83 bits per heavy atom. The summed E-state index contributed by atoms with van der Waals surface area (Å²) in [5.41, 5.74) is 4.06. The van der Waals surface area contributed by atoms with E-state index in [1.54, 1.807) is 0 Å². The second-order valence-electron chi connectivity index (χ2n) is 10.5. The molecule has 8 nitrogen and oxygen atoms in total. The molecule has 4 N–H and O–H groups in total. The molecule has 2 aliphatic heterocycles. The molecule has 186 valence electrons. The van der Waals surface area contributed by atoms with E-state index in [0.29, 0.717) is 24.2 Å². The first-order chi connectivity index (χ1) is 16.7. The lowest BCUT2D eigenvalue weighted by Gasteiger charge is -2.26. The maximum absolute atomic E-state index is 12.8. The third kappa shape index (κ3) is 4.46. The van der Waals surface area contributed by atoms with Crippen molar-refractivity contribution in [2.24, 2.45) is 17.8 Å². The fraction of sp³-hybridized carbons (Fsp3) is 0.519. The van der Waals surface area contributed by atoms with Crippen LogP contribution in [0, 0.1) is 17.8 Å². The van der Waals surface area contributed by atoms with Crippen molar-refractivity contribution < 1.29 is 15.0 Å². The number of hydrogen-bond donors (Lipinski definition) is 4. The monoisotopic (exact) mass is 478 g/mol. The molecule has 1 aromatic rings. The van der Waals surface area contributed by atoms with Crippen LogP contribution in [0.3, 0.4) is 0 Å². The maximum atomic E-state index is 12.8. The number of aliphatic hydroxyl groups excluding tert-OH is 1. The van der Waals surface area contributed by atoms with E-state index in [1.807, 2.05) is 37.0 Å². The Balaban J connectivity index is 1.37. The van der Waals surface area contributed by atoms with Gasteiger partial charge in [-0.1, -0.05) is 44.2 Å². The van der Waals surface area contributed by atoms with Crippen molar-refractivity contribution in [3.8, 4) is 0 Å². The highest BCUT2D eigenvalue weighted by Crippen LogP contribution is 2.40. The van der Waals surface area contributed by atoms with Gasteiger partial charge >= 0.3 is 5.97 Å². The fourth-order valence-electron chi connectivity index (χ4n) is 6.13. The summed E-state index contributed by atoms with van der Waals surface area (Å²) in [7, 11) is 0. The summed E-state index contributed by atoms with van der Waals surface area (Å²) in [6, 6.07) is 1.42. The van der Waals surface area contributed by atoms with Crippen LogP contribution in [0.15, 0.2) is 52.4 Å². The molecule has 0 radical (unpaired) electrons. The van der Waals surface area contributed by atoms with Crippen LogP contribution in [0.2, 0.25) is 0 Å². The number of fused-ring (bicyclic) bond motifs is 1. The number of allylic oxidation sites excluding steroid dienone is 2. The number of likely N-dealkylation sites (tertiary alicyclic amines) is 1. The zero-order valence-corrected chi connectivity index (χ0v) is 20.4. The van der Waals surface area contributed by atoms with Crippen molar-refractivity contribution in [2.75, 3.05) is 13.1 Å². The number of H-pyrrole nitrogens is 1. The minimum absolute atomic E-state index is 0.0244. The van der Waals surface area contributed by atoms with Crippen LogP contribution in [-0.4, -0.2) is 62.6 Å². The largest absolute Gasteiger partial charge is 0.480 e. The number of aromatic nitrogens is 2. The normalized spacial score (nSPS) is 34.9. The van der Waals surface area contributed by atoms with E-state index >= 15 is 0 Å². The van der Waals surface area contributed by atoms with Crippen molar-refractivity contribution >= 4 is 11.5 Å². The Bertz CT molecular complexity index is 1200. The Morgan fingerprint density at radius 1 is 1.29 bits per heavy atom. The van der Waals surface area contributed by atoms with Crippen LogP contribution in [-0.2, 0) is 4.79 Å². The zero-order valence-electron chi connectivity index (χ0n) is 20.4. The molecule has 0 aromatic carbocycles. The van der Waals surface area contributed by atoms with E-state index in [2.05, 4.69) is 40.7 Å². The molecule has 3 heterocycles. The zero-order chi connectivity index (χ0) is 24.9. The molecule has 2 aliphatic carbocycles. The molecule has 4 aliphatic rings. The first kappa shape index (κ1) is 23.9. The Kier molecular flexibility index (Phi) is 6.38. The second-order valence-corrected chi connectivity index (χ2v) is 10.5. The average Bonchev–Trinajstić information content (AvgIpc) is 3.42. The molecule has 0 amide bonds. The molecule has 8 heteroatoms. The minimum atomic E-state index is -0.747. The van der Waals surface area contributed by atoms with Gasteiger partial charge in [-0.15, -0.1) is 0 Å². The molecule has 6 unspecified atom stereocenters. The summed E-state index contributed by atoms with van der Waals surface area (Å²) < 4.78 is 0. The van der Waals surface area contributed by atoms with Gasteiger partial charge in [-0.05, 0) is 55.0 Å². The second kappa shape index (κ2) is 9.33. The number of carbonyl (C=O) groups is 1. The summed E-state index contributed by atoms with van der Waals surface area (Å²) in [5, 5.41) is 30.4. The number of aliphatic carboxylic acids is 1. The third-order valence-electron chi connectivity index (χ3n) is 8.13. The molecule has 2 saturated heterocycles. The molecular weight excluding hydrogens is 444 g/mol. The standard InChI is InChI=1S/C27H34N4O4/c1-14-9-18(10-15(2)25(14)32)21-12-20(26(33)30-29-21)24-16(3)19-7-6-17(11-22(19)28-24)13-31-8-4-5-23(31)27(34)35/h6-7,9-12,14,16,19,22-25,28,32H,4-5,8,13H2,1-3H3,(H,30,33)(H,34,35)/t14?,16?,19?,22?,23-,24?,25?/m0/s1. The van der Waals surface area contributed by atoms with Crippen LogP contribution in [0.4, 0.5) is 0 Å². The van der Waals surface area contributed by atoms with Crippen molar-refractivity contribution in [2.45, 2.75) is 57.8 Å².